The number of anilines is 1. The van der Waals surface area contributed by atoms with E-state index in [1.165, 1.54) is 11.3 Å². The first-order chi connectivity index (χ1) is 15.0. The molecule has 162 valence electrons. The zero-order valence-corrected chi connectivity index (χ0v) is 17.9. The lowest BCUT2D eigenvalue weighted by Gasteiger charge is -2.27. The fourth-order valence-electron chi connectivity index (χ4n) is 4.10. The number of urea groups is 1. The van der Waals surface area contributed by atoms with Crippen LogP contribution in [0.25, 0.3) is 0 Å². The van der Waals surface area contributed by atoms with Crippen LogP contribution in [0.15, 0.2) is 35.7 Å². The van der Waals surface area contributed by atoms with Gasteiger partial charge in [0.2, 0.25) is 5.91 Å². The molecule has 1 saturated heterocycles. The van der Waals surface area contributed by atoms with Crippen LogP contribution in [-0.2, 0) is 16.1 Å². The molecule has 3 heterocycles. The van der Waals surface area contributed by atoms with Gasteiger partial charge in [-0.25, -0.2) is 4.79 Å². The van der Waals surface area contributed by atoms with E-state index in [-0.39, 0.29) is 24.3 Å². The molecule has 8 nitrogen and oxygen atoms in total. The summed E-state index contributed by atoms with van der Waals surface area (Å²) in [5, 5.41) is 4.74. The maximum Gasteiger partial charge on any atom is 0.325 e. The SMILES string of the molecule is CC1(C2CC2)NC(=O)N(CC(=O)N(Cc2cccs2)c2ccc3c(c2)OCCO3)C1=O. The molecule has 1 N–H and O–H groups in total. The van der Waals surface area contributed by atoms with Crippen LogP contribution in [0.4, 0.5) is 10.5 Å². The first-order valence-electron chi connectivity index (χ1n) is 10.3. The lowest BCUT2D eigenvalue weighted by Crippen LogP contribution is -2.47. The Morgan fingerprint density at radius 3 is 2.71 bits per heavy atom. The zero-order chi connectivity index (χ0) is 21.6. The predicted molar refractivity (Wildman–Crippen MR) is 114 cm³/mol. The van der Waals surface area contributed by atoms with Gasteiger partial charge in [-0.15, -0.1) is 11.3 Å². The topological polar surface area (TPSA) is 88.2 Å². The van der Waals surface area contributed by atoms with Crippen LogP contribution in [0, 0.1) is 5.92 Å². The Morgan fingerprint density at radius 1 is 1.23 bits per heavy atom. The molecule has 0 radical (unpaired) electrons. The second-order valence-corrected chi connectivity index (χ2v) is 9.22. The van der Waals surface area contributed by atoms with E-state index in [0.29, 0.717) is 36.9 Å². The molecule has 3 aliphatic rings. The van der Waals surface area contributed by atoms with Crippen molar-refractivity contribution >= 4 is 34.9 Å². The van der Waals surface area contributed by atoms with Crippen molar-refractivity contribution < 1.29 is 23.9 Å². The molecule has 2 aliphatic heterocycles. The summed E-state index contributed by atoms with van der Waals surface area (Å²) in [6, 6.07) is 8.69. The molecule has 1 aliphatic carbocycles. The fraction of sp³-hybridized carbons (Fsp3) is 0.409. The van der Waals surface area contributed by atoms with E-state index < -0.39 is 11.6 Å². The number of carbonyl (C=O) groups excluding carboxylic acids is 3. The van der Waals surface area contributed by atoms with Crippen LogP contribution in [0.3, 0.4) is 0 Å². The maximum atomic E-state index is 13.4. The number of carbonyl (C=O) groups is 3. The standard InChI is InChI=1S/C22H23N3O5S/c1-22(14-4-5-14)20(27)25(21(28)23-22)13-19(26)24(12-16-3-2-10-31-16)15-6-7-17-18(11-15)30-9-8-29-17/h2-3,6-7,10-11,14H,4-5,8-9,12-13H2,1H3,(H,23,28). The summed E-state index contributed by atoms with van der Waals surface area (Å²) in [7, 11) is 0. The summed E-state index contributed by atoms with van der Waals surface area (Å²) >= 11 is 1.54. The van der Waals surface area contributed by atoms with E-state index in [9.17, 15) is 14.4 Å². The van der Waals surface area contributed by atoms with E-state index in [2.05, 4.69) is 5.32 Å². The van der Waals surface area contributed by atoms with E-state index in [1.54, 1.807) is 30.0 Å². The van der Waals surface area contributed by atoms with E-state index in [0.717, 1.165) is 22.6 Å². The van der Waals surface area contributed by atoms with Crippen molar-refractivity contribution in [2.24, 2.45) is 5.92 Å². The van der Waals surface area contributed by atoms with Crippen molar-refractivity contribution in [3.8, 4) is 11.5 Å². The number of ether oxygens (including phenoxy) is 2. The van der Waals surface area contributed by atoms with Crippen molar-refractivity contribution in [2.75, 3.05) is 24.7 Å². The van der Waals surface area contributed by atoms with Gasteiger partial charge in [0.15, 0.2) is 11.5 Å². The van der Waals surface area contributed by atoms with Crippen LogP contribution >= 0.6 is 11.3 Å². The number of nitrogens with zero attached hydrogens (tertiary/aromatic N) is 2. The number of thiophene rings is 1. The van der Waals surface area contributed by atoms with Gasteiger partial charge >= 0.3 is 6.03 Å². The lowest BCUT2D eigenvalue weighted by molar-refractivity contribution is -0.134. The molecule has 1 atom stereocenters. The van der Waals surface area contributed by atoms with Gasteiger partial charge in [0.05, 0.1) is 6.54 Å². The quantitative estimate of drug-likeness (QED) is 0.697. The molecule has 1 unspecified atom stereocenters. The van der Waals surface area contributed by atoms with E-state index in [4.69, 9.17) is 9.47 Å². The molecule has 5 rings (SSSR count). The first kappa shape index (κ1) is 19.9. The molecule has 1 aromatic heterocycles. The molecule has 4 amide bonds. The number of fused-ring (bicyclic) bond motifs is 1. The summed E-state index contributed by atoms with van der Waals surface area (Å²) in [5.74, 6) is 0.682. The van der Waals surface area contributed by atoms with Crippen molar-refractivity contribution in [3.05, 3.63) is 40.6 Å². The average Bonchev–Trinajstić information content (AvgIpc) is 3.47. The van der Waals surface area contributed by atoms with Crippen molar-refractivity contribution in [1.82, 2.24) is 10.2 Å². The van der Waals surface area contributed by atoms with Gasteiger partial charge in [-0.1, -0.05) is 6.07 Å². The van der Waals surface area contributed by atoms with Gasteiger partial charge in [0.25, 0.3) is 5.91 Å². The predicted octanol–water partition coefficient (Wildman–Crippen LogP) is 2.77. The molecule has 31 heavy (non-hydrogen) atoms. The minimum Gasteiger partial charge on any atom is -0.486 e. The molecular formula is C22H23N3O5S. The minimum atomic E-state index is -0.910. The van der Waals surface area contributed by atoms with Crippen molar-refractivity contribution in [1.29, 1.82) is 0 Å². The Kier molecular flexibility index (Phi) is 4.85. The van der Waals surface area contributed by atoms with Crippen LogP contribution in [0.1, 0.15) is 24.6 Å². The summed E-state index contributed by atoms with van der Waals surface area (Å²) in [6.07, 6.45) is 1.82. The highest BCUT2D eigenvalue weighted by molar-refractivity contribution is 7.09. The molecule has 1 aromatic carbocycles. The van der Waals surface area contributed by atoms with Crippen LogP contribution in [-0.4, -0.2) is 48.0 Å². The second kappa shape index (κ2) is 7.56. The van der Waals surface area contributed by atoms with Crippen molar-refractivity contribution in [3.63, 3.8) is 0 Å². The van der Waals surface area contributed by atoms with Crippen LogP contribution in [0.5, 0.6) is 11.5 Å². The fourth-order valence-corrected chi connectivity index (χ4v) is 4.79. The Hall–Kier alpha value is -3.07. The minimum absolute atomic E-state index is 0.143. The second-order valence-electron chi connectivity index (χ2n) is 8.19. The van der Waals surface area contributed by atoms with Gasteiger partial charge in [-0.05, 0) is 49.3 Å². The van der Waals surface area contributed by atoms with Gasteiger partial charge in [-0.2, -0.15) is 0 Å². The number of nitrogens with one attached hydrogen (secondary N) is 1. The smallest absolute Gasteiger partial charge is 0.325 e. The summed E-state index contributed by atoms with van der Waals surface area (Å²) in [4.78, 5) is 42.5. The number of hydrogen-bond donors (Lipinski definition) is 1. The Balaban J connectivity index is 1.41. The highest BCUT2D eigenvalue weighted by atomic mass is 32.1. The van der Waals surface area contributed by atoms with Crippen molar-refractivity contribution in [2.45, 2.75) is 31.8 Å². The van der Waals surface area contributed by atoms with E-state index in [1.807, 2.05) is 17.5 Å². The molecule has 0 bridgehead atoms. The van der Waals surface area contributed by atoms with Gasteiger partial charge in [0, 0.05) is 16.6 Å². The monoisotopic (exact) mass is 441 g/mol. The number of rotatable bonds is 6. The summed E-state index contributed by atoms with van der Waals surface area (Å²) < 4.78 is 11.2. The molecule has 9 heteroatoms. The Labute approximate surface area is 183 Å². The third-order valence-electron chi connectivity index (χ3n) is 6.02. The largest absolute Gasteiger partial charge is 0.486 e. The Bertz CT molecular complexity index is 1040. The molecular weight excluding hydrogens is 418 g/mol. The lowest BCUT2D eigenvalue weighted by atomic mass is 9.96. The summed E-state index contributed by atoms with van der Waals surface area (Å²) in [6.45, 7) is 2.69. The van der Waals surface area contributed by atoms with Crippen LogP contribution < -0.4 is 19.7 Å². The number of imide groups is 1. The molecule has 0 spiro atoms. The number of amides is 4. The number of hydrogen-bond acceptors (Lipinski definition) is 6. The van der Waals surface area contributed by atoms with Gasteiger partial charge < -0.3 is 19.7 Å². The highest BCUT2D eigenvalue weighted by Crippen LogP contribution is 2.42. The molecule has 2 fully saturated rings. The normalized spacial score (nSPS) is 22.4. The highest BCUT2D eigenvalue weighted by Gasteiger charge is 2.56. The zero-order valence-electron chi connectivity index (χ0n) is 17.1. The average molecular weight is 442 g/mol. The first-order valence-corrected chi connectivity index (χ1v) is 11.2. The third kappa shape index (κ3) is 3.63. The molecule has 2 aromatic rings. The number of benzene rings is 1. The van der Waals surface area contributed by atoms with Gasteiger partial charge in [-0.3, -0.25) is 14.5 Å². The third-order valence-corrected chi connectivity index (χ3v) is 6.88. The van der Waals surface area contributed by atoms with Crippen LogP contribution in [0.2, 0.25) is 0 Å². The Morgan fingerprint density at radius 2 is 2.00 bits per heavy atom. The molecule has 1 saturated carbocycles. The van der Waals surface area contributed by atoms with Gasteiger partial charge in [0.1, 0.15) is 25.3 Å². The van der Waals surface area contributed by atoms with E-state index >= 15 is 0 Å². The summed E-state index contributed by atoms with van der Waals surface area (Å²) in [5.41, 5.74) is -0.285. The maximum absolute atomic E-state index is 13.4.